The lowest BCUT2D eigenvalue weighted by Gasteiger charge is -2.18. The molecule has 0 aromatic heterocycles. The average Bonchev–Trinajstić information content (AvgIpc) is 3.49. The van der Waals surface area contributed by atoms with Crippen molar-refractivity contribution >= 4 is 17.9 Å². The van der Waals surface area contributed by atoms with Crippen LogP contribution in [0.15, 0.2) is 158 Å². The molecule has 0 saturated heterocycles. The Labute approximate surface area is 511 Å². The van der Waals surface area contributed by atoms with Gasteiger partial charge in [0.25, 0.3) is 0 Å². The maximum atomic E-state index is 13.0. The van der Waals surface area contributed by atoms with Crippen LogP contribution in [0, 0.1) is 0 Å². The van der Waals surface area contributed by atoms with E-state index in [1.54, 1.807) is 0 Å². The topological polar surface area (TPSA) is 78.9 Å². The van der Waals surface area contributed by atoms with Gasteiger partial charge >= 0.3 is 17.9 Å². The molecule has 0 aliphatic carbocycles. The summed E-state index contributed by atoms with van der Waals surface area (Å²) >= 11 is 0. The molecule has 6 heteroatoms. The second-order valence-corrected chi connectivity index (χ2v) is 22.0. The highest BCUT2D eigenvalue weighted by atomic mass is 16.6. The molecule has 0 radical (unpaired) electrons. The third-order valence-corrected chi connectivity index (χ3v) is 14.0. The van der Waals surface area contributed by atoms with Crippen LogP contribution in [-0.2, 0) is 28.6 Å². The first kappa shape index (κ1) is 78.0. The highest BCUT2D eigenvalue weighted by Crippen LogP contribution is 2.15. The van der Waals surface area contributed by atoms with Crippen LogP contribution in [0.5, 0.6) is 0 Å². The summed E-state index contributed by atoms with van der Waals surface area (Å²) in [6.45, 7) is 6.35. The van der Waals surface area contributed by atoms with Crippen LogP contribution in [0.2, 0.25) is 0 Å². The van der Waals surface area contributed by atoms with Crippen molar-refractivity contribution in [3.8, 4) is 0 Å². The normalized spacial score (nSPS) is 13.1. The zero-order chi connectivity index (χ0) is 59.9. The lowest BCUT2D eigenvalue weighted by atomic mass is 10.0. The average molecular weight is 1150 g/mol. The molecule has 0 bridgehead atoms. The Kier molecular flexibility index (Phi) is 65.4. The first-order chi connectivity index (χ1) is 41.0. The molecule has 83 heavy (non-hydrogen) atoms. The molecule has 0 spiro atoms. The Morgan fingerprint density at radius 3 is 0.807 bits per heavy atom. The third kappa shape index (κ3) is 67.7. The number of unbranched alkanes of at least 4 members (excludes halogenated alkanes) is 23. The molecule has 1 atom stereocenters. The fourth-order valence-corrected chi connectivity index (χ4v) is 8.98. The lowest BCUT2D eigenvalue weighted by molar-refractivity contribution is -0.167. The first-order valence-corrected chi connectivity index (χ1v) is 34.0. The summed E-state index contributed by atoms with van der Waals surface area (Å²) in [6, 6.07) is 0. The summed E-state index contributed by atoms with van der Waals surface area (Å²) in [4.78, 5) is 38.4. The predicted molar refractivity (Wildman–Crippen MR) is 362 cm³/mol. The van der Waals surface area contributed by atoms with Gasteiger partial charge in [-0.25, -0.2) is 0 Å². The van der Waals surface area contributed by atoms with Crippen LogP contribution < -0.4 is 0 Å². The van der Waals surface area contributed by atoms with Crippen molar-refractivity contribution in [2.45, 2.75) is 297 Å². The largest absolute Gasteiger partial charge is 0.462 e. The molecule has 0 aromatic rings. The zero-order valence-electron chi connectivity index (χ0n) is 53.7. The van der Waals surface area contributed by atoms with Crippen LogP contribution in [0.1, 0.15) is 290 Å². The Morgan fingerprint density at radius 1 is 0.253 bits per heavy atom. The van der Waals surface area contributed by atoms with Crippen LogP contribution in [0.4, 0.5) is 0 Å². The summed E-state index contributed by atoms with van der Waals surface area (Å²) in [5, 5.41) is 0. The maximum absolute atomic E-state index is 13.0. The molecule has 0 aromatic carbocycles. The molecule has 0 aliphatic rings. The molecule has 0 N–H and O–H groups in total. The molecule has 0 fully saturated rings. The van der Waals surface area contributed by atoms with Crippen LogP contribution in [0.25, 0.3) is 0 Å². The van der Waals surface area contributed by atoms with Crippen LogP contribution in [0.3, 0.4) is 0 Å². The van der Waals surface area contributed by atoms with E-state index in [1.165, 1.54) is 116 Å². The Balaban J connectivity index is 4.54. The van der Waals surface area contributed by atoms with Gasteiger partial charge in [-0.1, -0.05) is 288 Å². The summed E-state index contributed by atoms with van der Waals surface area (Å²) in [6.07, 6.45) is 101. The van der Waals surface area contributed by atoms with E-state index in [0.717, 1.165) is 128 Å². The highest BCUT2D eigenvalue weighted by Gasteiger charge is 2.19. The van der Waals surface area contributed by atoms with Crippen molar-refractivity contribution in [1.29, 1.82) is 0 Å². The number of ether oxygens (including phenoxy) is 3. The molecule has 0 amide bonds. The van der Waals surface area contributed by atoms with Gasteiger partial charge in [-0.05, 0) is 141 Å². The Hall–Kier alpha value is -4.97. The predicted octanol–water partition coefficient (Wildman–Crippen LogP) is 23.7. The van der Waals surface area contributed by atoms with Gasteiger partial charge in [0, 0.05) is 19.3 Å². The van der Waals surface area contributed by atoms with Gasteiger partial charge in [-0.2, -0.15) is 0 Å². The molecule has 1 unspecified atom stereocenters. The van der Waals surface area contributed by atoms with Crippen molar-refractivity contribution < 1.29 is 28.6 Å². The van der Waals surface area contributed by atoms with Crippen molar-refractivity contribution in [3.63, 3.8) is 0 Å². The summed E-state index contributed by atoms with van der Waals surface area (Å²) in [5.74, 6) is -1.01. The van der Waals surface area contributed by atoms with E-state index in [2.05, 4.69) is 179 Å². The second-order valence-electron chi connectivity index (χ2n) is 22.0. The molecule has 0 rings (SSSR count). The Morgan fingerprint density at radius 2 is 0.482 bits per heavy atom. The van der Waals surface area contributed by atoms with Gasteiger partial charge in [0.15, 0.2) is 6.10 Å². The van der Waals surface area contributed by atoms with E-state index in [0.29, 0.717) is 19.3 Å². The number of allylic oxidation sites excluding steroid dienone is 26. The van der Waals surface area contributed by atoms with Gasteiger partial charge in [0.1, 0.15) is 13.2 Å². The third-order valence-electron chi connectivity index (χ3n) is 14.0. The van der Waals surface area contributed by atoms with Gasteiger partial charge in [-0.15, -0.1) is 0 Å². The minimum atomic E-state index is -0.826. The van der Waals surface area contributed by atoms with Gasteiger partial charge in [0.2, 0.25) is 0 Å². The number of hydrogen-bond donors (Lipinski definition) is 0. The van der Waals surface area contributed by atoms with E-state index in [9.17, 15) is 14.4 Å². The van der Waals surface area contributed by atoms with E-state index in [4.69, 9.17) is 14.2 Å². The summed E-state index contributed by atoms with van der Waals surface area (Å²) < 4.78 is 16.9. The molecule has 0 saturated carbocycles. The SMILES string of the molecule is CC/C=C\C/C=C\C/C=C\C/C=C\C/C=C\C/C=C\C/C=C\CCCC(=O)OCC(COC(=O)CCCCC/C=C\C/C=C\C/C=C\C/C=C\C/C=C\CC)OC(=O)CCCCCCCCCCCCC/C=C\CCCCCCCCCC. The minimum Gasteiger partial charge on any atom is -0.462 e. The highest BCUT2D eigenvalue weighted by molar-refractivity contribution is 5.71. The Bertz CT molecular complexity index is 1840. The van der Waals surface area contributed by atoms with E-state index >= 15 is 0 Å². The van der Waals surface area contributed by atoms with Gasteiger partial charge in [0.05, 0.1) is 0 Å². The molecule has 468 valence electrons. The number of rotatable bonds is 60. The van der Waals surface area contributed by atoms with Crippen molar-refractivity contribution in [2.75, 3.05) is 13.2 Å². The zero-order valence-corrected chi connectivity index (χ0v) is 53.7. The fraction of sp³-hybridized carbons (Fsp3) is 0.623. The molecular formula is C77H124O6. The number of carbonyl (C=O) groups excluding carboxylic acids is 3. The monoisotopic (exact) mass is 1140 g/mol. The maximum Gasteiger partial charge on any atom is 0.306 e. The van der Waals surface area contributed by atoms with E-state index < -0.39 is 6.10 Å². The first-order valence-electron chi connectivity index (χ1n) is 34.0. The van der Waals surface area contributed by atoms with Crippen molar-refractivity contribution in [3.05, 3.63) is 158 Å². The van der Waals surface area contributed by atoms with Gasteiger partial charge < -0.3 is 14.2 Å². The summed E-state index contributed by atoms with van der Waals surface area (Å²) in [5.41, 5.74) is 0. The minimum absolute atomic E-state index is 0.119. The van der Waals surface area contributed by atoms with Crippen LogP contribution in [-0.4, -0.2) is 37.2 Å². The smallest absolute Gasteiger partial charge is 0.306 e. The molecule has 0 aliphatic heterocycles. The van der Waals surface area contributed by atoms with E-state index in [-0.39, 0.29) is 37.5 Å². The number of carbonyl (C=O) groups is 3. The van der Waals surface area contributed by atoms with E-state index in [1.807, 2.05) is 0 Å². The fourth-order valence-electron chi connectivity index (χ4n) is 8.98. The summed E-state index contributed by atoms with van der Waals surface area (Å²) in [7, 11) is 0. The standard InChI is InChI=1S/C77H124O6/c1-4-7-10-13-16-19-22-25-28-31-34-36-38-40-43-46-49-52-55-58-61-64-67-70-76(79)82-73-74(72-81-75(78)69-66-63-60-57-54-51-48-45-42-33-30-27-24-21-18-15-12-9-6-3)83-77(80)71-68-65-62-59-56-53-50-47-44-41-39-37-35-32-29-26-23-20-17-14-11-8-5-2/h7,9-10,12,16,18-19,21,25,27-28,30,32,34-36,40,42-43,45,49,51-52,54,58,61,74H,4-6,8,11,13-15,17,20,22-24,26,29,31,33,37-39,41,44,46-48,50,53,55-57,59-60,62-73H2,1-3H3/b10-7-,12-9-,19-16-,21-18-,28-25-,30-27-,35-32-,36-34-,43-40-,45-42-,52-49-,54-51-,61-58-. The van der Waals surface area contributed by atoms with Crippen molar-refractivity contribution in [1.82, 2.24) is 0 Å². The van der Waals surface area contributed by atoms with Gasteiger partial charge in [-0.3, -0.25) is 14.4 Å². The molecule has 6 nitrogen and oxygen atoms in total. The second kappa shape index (κ2) is 69.5. The number of hydrogen-bond acceptors (Lipinski definition) is 6. The van der Waals surface area contributed by atoms with Crippen LogP contribution >= 0.6 is 0 Å². The molecule has 0 heterocycles. The number of esters is 3. The molecular weight excluding hydrogens is 1020 g/mol. The van der Waals surface area contributed by atoms with Crippen molar-refractivity contribution in [2.24, 2.45) is 0 Å². The lowest BCUT2D eigenvalue weighted by Crippen LogP contribution is -2.30. The quantitative estimate of drug-likeness (QED) is 0.0261.